The number of benzene rings is 1. The molecule has 1 heterocycles. The van der Waals surface area contributed by atoms with E-state index in [0.717, 1.165) is 0 Å². The van der Waals surface area contributed by atoms with Gasteiger partial charge in [-0.15, -0.1) is 0 Å². The highest BCUT2D eigenvalue weighted by Gasteiger charge is 2.42. The maximum absolute atomic E-state index is 14.0. The predicted octanol–water partition coefficient (Wildman–Crippen LogP) is 2.08. The molecule has 1 amide bonds. The van der Waals surface area contributed by atoms with E-state index in [0.29, 0.717) is 30.7 Å². The molecule has 6 heteroatoms. The Morgan fingerprint density at radius 3 is 2.75 bits per heavy atom. The first kappa shape index (κ1) is 18.7. The van der Waals surface area contributed by atoms with Crippen LogP contribution in [0.2, 0.25) is 0 Å². The lowest BCUT2D eigenvalue weighted by Crippen LogP contribution is -2.59. The van der Waals surface area contributed by atoms with Crippen LogP contribution in [0.25, 0.3) is 0 Å². The van der Waals surface area contributed by atoms with Gasteiger partial charge in [0, 0.05) is 30.7 Å². The molecule has 1 fully saturated rings. The number of β-amino-alcohol motifs (C(OH)–C–C–N with tert-alkyl or cyclic N) is 1. The van der Waals surface area contributed by atoms with E-state index in [1.807, 2.05) is 20.8 Å². The first-order valence-electron chi connectivity index (χ1n) is 8.24. The molecule has 5 nitrogen and oxygen atoms in total. The highest BCUT2D eigenvalue weighted by molar-refractivity contribution is 5.86. The van der Waals surface area contributed by atoms with Crippen LogP contribution >= 0.6 is 0 Å². The molecule has 0 spiro atoms. The standard InChI is InChI=1S/C18H27FN2O3/c1-17(2,3)20-12-18(23)8-5-9-21(16(18)22)11-13-10-14(24-4)6-7-15(13)19/h6-7,10,20,23H,5,8-9,11-12H2,1-4H3/t18-/m1/s1. The second-order valence-electron chi connectivity index (χ2n) is 7.42. The third-order valence-electron chi connectivity index (χ3n) is 4.23. The molecule has 0 aliphatic carbocycles. The van der Waals surface area contributed by atoms with Crippen molar-refractivity contribution in [3.63, 3.8) is 0 Å². The lowest BCUT2D eigenvalue weighted by atomic mass is 9.90. The molecule has 2 rings (SSSR count). The summed E-state index contributed by atoms with van der Waals surface area (Å²) in [5.41, 5.74) is -1.26. The van der Waals surface area contributed by atoms with Crippen molar-refractivity contribution in [2.24, 2.45) is 0 Å². The lowest BCUT2D eigenvalue weighted by molar-refractivity contribution is -0.157. The minimum atomic E-state index is -1.44. The van der Waals surface area contributed by atoms with Crippen LogP contribution in [-0.4, -0.2) is 47.3 Å². The van der Waals surface area contributed by atoms with Crippen LogP contribution in [0.3, 0.4) is 0 Å². The van der Waals surface area contributed by atoms with Crippen molar-refractivity contribution in [2.75, 3.05) is 20.2 Å². The number of nitrogens with one attached hydrogen (secondary N) is 1. The molecule has 0 unspecified atom stereocenters. The molecule has 1 atom stereocenters. The van der Waals surface area contributed by atoms with Gasteiger partial charge < -0.3 is 20.1 Å². The summed E-state index contributed by atoms with van der Waals surface area (Å²) in [5, 5.41) is 13.9. The summed E-state index contributed by atoms with van der Waals surface area (Å²) in [6.45, 7) is 6.76. The van der Waals surface area contributed by atoms with Crippen molar-refractivity contribution in [3.8, 4) is 5.75 Å². The first-order chi connectivity index (χ1) is 11.1. The van der Waals surface area contributed by atoms with E-state index in [1.165, 1.54) is 18.1 Å². The fourth-order valence-corrected chi connectivity index (χ4v) is 2.80. The highest BCUT2D eigenvalue weighted by Crippen LogP contribution is 2.26. The van der Waals surface area contributed by atoms with Crippen LogP contribution in [0.1, 0.15) is 39.2 Å². The smallest absolute Gasteiger partial charge is 0.256 e. The zero-order valence-electron chi connectivity index (χ0n) is 14.9. The van der Waals surface area contributed by atoms with Gasteiger partial charge in [0.05, 0.1) is 7.11 Å². The molecule has 0 aromatic heterocycles. The van der Waals surface area contributed by atoms with E-state index >= 15 is 0 Å². The monoisotopic (exact) mass is 338 g/mol. The molecular weight excluding hydrogens is 311 g/mol. The summed E-state index contributed by atoms with van der Waals surface area (Å²) in [5.74, 6) is -0.196. The fourth-order valence-electron chi connectivity index (χ4n) is 2.80. The van der Waals surface area contributed by atoms with Crippen LogP contribution < -0.4 is 10.1 Å². The molecule has 2 N–H and O–H groups in total. The Labute approximate surface area is 142 Å². The number of rotatable bonds is 5. The van der Waals surface area contributed by atoms with Crippen LogP contribution in [0.15, 0.2) is 18.2 Å². The van der Waals surface area contributed by atoms with Crippen molar-refractivity contribution in [3.05, 3.63) is 29.6 Å². The van der Waals surface area contributed by atoms with Gasteiger partial charge in [-0.3, -0.25) is 4.79 Å². The molecule has 134 valence electrons. The quantitative estimate of drug-likeness (QED) is 0.863. The second kappa shape index (κ2) is 7.07. The van der Waals surface area contributed by atoms with Gasteiger partial charge in [0.2, 0.25) is 0 Å². The van der Waals surface area contributed by atoms with Crippen LogP contribution in [0.4, 0.5) is 4.39 Å². The van der Waals surface area contributed by atoms with Crippen molar-refractivity contribution in [1.82, 2.24) is 10.2 Å². The van der Waals surface area contributed by atoms with Crippen molar-refractivity contribution in [1.29, 1.82) is 0 Å². The van der Waals surface area contributed by atoms with E-state index in [4.69, 9.17) is 4.74 Å². The molecule has 1 saturated heterocycles. The number of amides is 1. The number of likely N-dealkylation sites (tertiary alicyclic amines) is 1. The Hall–Kier alpha value is -1.66. The average molecular weight is 338 g/mol. The second-order valence-corrected chi connectivity index (χ2v) is 7.42. The molecular formula is C18H27FN2O3. The van der Waals surface area contributed by atoms with E-state index < -0.39 is 5.60 Å². The minimum absolute atomic E-state index is 0.125. The van der Waals surface area contributed by atoms with Crippen LogP contribution in [-0.2, 0) is 11.3 Å². The van der Waals surface area contributed by atoms with Gasteiger partial charge in [-0.2, -0.15) is 0 Å². The lowest BCUT2D eigenvalue weighted by Gasteiger charge is -2.39. The van der Waals surface area contributed by atoms with Gasteiger partial charge in [0.15, 0.2) is 5.60 Å². The Bertz CT molecular complexity index is 600. The minimum Gasteiger partial charge on any atom is -0.497 e. The maximum atomic E-state index is 14.0. The molecule has 1 aliphatic rings. The molecule has 0 saturated carbocycles. The number of hydrogen-bond acceptors (Lipinski definition) is 4. The van der Waals surface area contributed by atoms with Gasteiger partial charge in [-0.1, -0.05) is 0 Å². The van der Waals surface area contributed by atoms with E-state index in [1.54, 1.807) is 12.1 Å². The zero-order valence-corrected chi connectivity index (χ0v) is 14.9. The maximum Gasteiger partial charge on any atom is 0.256 e. The molecule has 1 aliphatic heterocycles. The summed E-state index contributed by atoms with van der Waals surface area (Å²) in [4.78, 5) is 14.2. The number of methoxy groups -OCH3 is 1. The number of carbonyl (C=O) groups is 1. The SMILES string of the molecule is COc1ccc(F)c(CN2CCC[C@@](O)(CNC(C)(C)C)C2=O)c1. The Morgan fingerprint density at radius 1 is 1.42 bits per heavy atom. The molecule has 1 aromatic rings. The third kappa shape index (κ3) is 4.45. The van der Waals surface area contributed by atoms with Gasteiger partial charge in [-0.05, 0) is 51.8 Å². The average Bonchev–Trinajstić information content (AvgIpc) is 2.51. The van der Waals surface area contributed by atoms with Gasteiger partial charge in [0.1, 0.15) is 11.6 Å². The van der Waals surface area contributed by atoms with E-state index in [2.05, 4.69) is 5.32 Å². The molecule has 0 radical (unpaired) electrons. The fraction of sp³-hybridized carbons (Fsp3) is 0.611. The predicted molar refractivity (Wildman–Crippen MR) is 90.3 cm³/mol. The van der Waals surface area contributed by atoms with Gasteiger partial charge in [-0.25, -0.2) is 4.39 Å². The van der Waals surface area contributed by atoms with E-state index in [-0.39, 0.29) is 30.4 Å². The number of aliphatic hydroxyl groups is 1. The first-order valence-corrected chi connectivity index (χ1v) is 8.24. The topological polar surface area (TPSA) is 61.8 Å². The summed E-state index contributed by atoms with van der Waals surface area (Å²) in [7, 11) is 1.51. The van der Waals surface area contributed by atoms with Crippen molar-refractivity contribution in [2.45, 2.75) is 51.3 Å². The highest BCUT2D eigenvalue weighted by atomic mass is 19.1. The zero-order chi connectivity index (χ0) is 18.0. The Balaban J connectivity index is 2.12. The number of hydrogen-bond donors (Lipinski definition) is 2. The number of carbonyl (C=O) groups excluding carboxylic acids is 1. The third-order valence-corrected chi connectivity index (χ3v) is 4.23. The number of nitrogens with zero attached hydrogens (tertiary/aromatic N) is 1. The molecule has 0 bridgehead atoms. The number of piperidine rings is 1. The normalized spacial score (nSPS) is 21.9. The summed E-state index contributed by atoms with van der Waals surface area (Å²) in [6.07, 6.45) is 1.09. The molecule has 24 heavy (non-hydrogen) atoms. The number of halogens is 1. The largest absolute Gasteiger partial charge is 0.497 e. The molecule has 1 aromatic carbocycles. The number of ether oxygens (including phenoxy) is 1. The Kier molecular flexibility index (Phi) is 5.50. The van der Waals surface area contributed by atoms with Crippen molar-refractivity contribution < 1.29 is 19.0 Å². The summed E-state index contributed by atoms with van der Waals surface area (Å²) < 4.78 is 19.1. The summed E-state index contributed by atoms with van der Waals surface area (Å²) in [6, 6.07) is 4.46. The van der Waals surface area contributed by atoms with Gasteiger partial charge in [0.25, 0.3) is 5.91 Å². The van der Waals surface area contributed by atoms with Crippen molar-refractivity contribution >= 4 is 5.91 Å². The van der Waals surface area contributed by atoms with E-state index in [9.17, 15) is 14.3 Å². The summed E-state index contributed by atoms with van der Waals surface area (Å²) >= 11 is 0. The van der Waals surface area contributed by atoms with Crippen LogP contribution in [0.5, 0.6) is 5.75 Å². The Morgan fingerprint density at radius 2 is 2.12 bits per heavy atom. The van der Waals surface area contributed by atoms with Crippen LogP contribution in [0, 0.1) is 5.82 Å². The van der Waals surface area contributed by atoms with Gasteiger partial charge >= 0.3 is 0 Å².